The Morgan fingerprint density at radius 1 is 1.26 bits per heavy atom. The standard InChI is InChI=1S/C13H8ClF2NO2/c14-9-5-4-8(7-11(9)19-13(15)16)12(18)10-3-1-2-6-17-10/h1-7,13H. The fourth-order valence-corrected chi connectivity index (χ4v) is 1.64. The molecule has 0 N–H and O–H groups in total. The number of hydrogen-bond donors (Lipinski definition) is 0. The zero-order chi connectivity index (χ0) is 13.8. The molecule has 1 heterocycles. The Labute approximate surface area is 112 Å². The van der Waals surface area contributed by atoms with Crippen molar-refractivity contribution in [3.8, 4) is 5.75 Å². The molecule has 98 valence electrons. The maximum absolute atomic E-state index is 12.2. The molecule has 0 amide bonds. The Morgan fingerprint density at radius 3 is 2.68 bits per heavy atom. The lowest BCUT2D eigenvalue weighted by molar-refractivity contribution is -0.0498. The van der Waals surface area contributed by atoms with Crippen LogP contribution in [0.2, 0.25) is 5.02 Å². The van der Waals surface area contributed by atoms with E-state index in [1.165, 1.54) is 30.5 Å². The summed E-state index contributed by atoms with van der Waals surface area (Å²) in [4.78, 5) is 15.9. The van der Waals surface area contributed by atoms with Gasteiger partial charge < -0.3 is 4.74 Å². The van der Waals surface area contributed by atoms with E-state index in [-0.39, 0.29) is 22.0 Å². The molecule has 2 rings (SSSR count). The normalized spacial score (nSPS) is 10.5. The molecule has 0 radical (unpaired) electrons. The number of carbonyl (C=O) groups is 1. The Hall–Kier alpha value is -2.01. The minimum atomic E-state index is -3.00. The van der Waals surface area contributed by atoms with Crippen LogP contribution >= 0.6 is 11.6 Å². The molecule has 1 aromatic heterocycles. The van der Waals surface area contributed by atoms with Gasteiger partial charge in [0.25, 0.3) is 0 Å². The van der Waals surface area contributed by atoms with E-state index < -0.39 is 12.4 Å². The number of alkyl halides is 2. The maximum atomic E-state index is 12.2. The van der Waals surface area contributed by atoms with Crippen LogP contribution in [-0.4, -0.2) is 17.4 Å². The Bertz CT molecular complexity index is 590. The second-order valence-corrected chi connectivity index (χ2v) is 3.98. The van der Waals surface area contributed by atoms with Gasteiger partial charge in [-0.05, 0) is 30.3 Å². The van der Waals surface area contributed by atoms with Crippen molar-refractivity contribution in [2.45, 2.75) is 6.61 Å². The lowest BCUT2D eigenvalue weighted by atomic mass is 10.1. The molecule has 0 atom stereocenters. The first-order chi connectivity index (χ1) is 9.08. The first-order valence-electron chi connectivity index (χ1n) is 5.28. The Morgan fingerprint density at radius 2 is 2.05 bits per heavy atom. The summed E-state index contributed by atoms with van der Waals surface area (Å²) in [6.45, 7) is -3.00. The summed E-state index contributed by atoms with van der Waals surface area (Å²) in [5.41, 5.74) is 0.395. The van der Waals surface area contributed by atoms with E-state index in [9.17, 15) is 13.6 Å². The van der Waals surface area contributed by atoms with Gasteiger partial charge in [-0.15, -0.1) is 0 Å². The van der Waals surface area contributed by atoms with Crippen LogP contribution in [0.4, 0.5) is 8.78 Å². The van der Waals surface area contributed by atoms with Gasteiger partial charge in [0.15, 0.2) is 0 Å². The van der Waals surface area contributed by atoms with Crippen LogP contribution in [-0.2, 0) is 0 Å². The Kier molecular flexibility index (Phi) is 4.06. The third-order valence-electron chi connectivity index (χ3n) is 2.31. The fourth-order valence-electron chi connectivity index (χ4n) is 1.48. The van der Waals surface area contributed by atoms with Gasteiger partial charge in [-0.1, -0.05) is 17.7 Å². The summed E-state index contributed by atoms with van der Waals surface area (Å²) in [5.74, 6) is -0.630. The zero-order valence-corrected chi connectivity index (χ0v) is 10.3. The van der Waals surface area contributed by atoms with Crippen molar-refractivity contribution in [2.75, 3.05) is 0 Å². The molecule has 0 aliphatic rings. The van der Waals surface area contributed by atoms with Gasteiger partial charge in [-0.2, -0.15) is 8.78 Å². The number of ketones is 1. The van der Waals surface area contributed by atoms with Gasteiger partial charge in [0.1, 0.15) is 11.4 Å². The molecule has 0 unspecified atom stereocenters. The van der Waals surface area contributed by atoms with E-state index >= 15 is 0 Å². The molecule has 0 bridgehead atoms. The van der Waals surface area contributed by atoms with E-state index in [0.29, 0.717) is 0 Å². The van der Waals surface area contributed by atoms with E-state index in [4.69, 9.17) is 11.6 Å². The molecule has 3 nitrogen and oxygen atoms in total. The number of hydrogen-bond acceptors (Lipinski definition) is 3. The highest BCUT2D eigenvalue weighted by molar-refractivity contribution is 6.32. The van der Waals surface area contributed by atoms with Crippen molar-refractivity contribution < 1.29 is 18.3 Å². The molecule has 0 saturated carbocycles. The molecule has 0 aliphatic heterocycles. The lowest BCUT2D eigenvalue weighted by Gasteiger charge is -2.08. The van der Waals surface area contributed by atoms with Crippen LogP contribution in [0.15, 0.2) is 42.6 Å². The number of benzene rings is 1. The van der Waals surface area contributed by atoms with Crippen LogP contribution in [0.1, 0.15) is 16.1 Å². The average molecular weight is 284 g/mol. The monoisotopic (exact) mass is 283 g/mol. The van der Waals surface area contributed by atoms with E-state index in [1.54, 1.807) is 12.1 Å². The highest BCUT2D eigenvalue weighted by Crippen LogP contribution is 2.27. The van der Waals surface area contributed by atoms with Gasteiger partial charge in [-0.25, -0.2) is 0 Å². The quantitative estimate of drug-likeness (QED) is 0.805. The van der Waals surface area contributed by atoms with Crippen molar-refractivity contribution in [1.29, 1.82) is 0 Å². The zero-order valence-electron chi connectivity index (χ0n) is 9.52. The Balaban J connectivity index is 2.33. The van der Waals surface area contributed by atoms with Gasteiger partial charge in [0.05, 0.1) is 5.02 Å². The summed E-state index contributed by atoms with van der Waals surface area (Å²) >= 11 is 5.71. The van der Waals surface area contributed by atoms with Gasteiger partial charge in [-0.3, -0.25) is 9.78 Å². The molecule has 0 saturated heterocycles. The second kappa shape index (κ2) is 5.75. The van der Waals surface area contributed by atoms with Gasteiger partial charge in [0.2, 0.25) is 5.78 Å². The molecule has 2 aromatic rings. The van der Waals surface area contributed by atoms with Crippen molar-refractivity contribution >= 4 is 17.4 Å². The van der Waals surface area contributed by atoms with Crippen molar-refractivity contribution in [2.24, 2.45) is 0 Å². The lowest BCUT2D eigenvalue weighted by Crippen LogP contribution is -2.06. The van der Waals surface area contributed by atoms with Crippen LogP contribution in [0.3, 0.4) is 0 Å². The molecular formula is C13H8ClF2NO2. The minimum absolute atomic E-state index is 0.0119. The number of carbonyl (C=O) groups excluding carboxylic acids is 1. The van der Waals surface area contributed by atoms with Crippen molar-refractivity contribution in [3.63, 3.8) is 0 Å². The second-order valence-electron chi connectivity index (χ2n) is 3.57. The predicted octanol–water partition coefficient (Wildman–Crippen LogP) is 3.57. The average Bonchev–Trinajstić information content (AvgIpc) is 2.41. The van der Waals surface area contributed by atoms with E-state index in [2.05, 4.69) is 9.72 Å². The smallest absolute Gasteiger partial charge is 0.387 e. The largest absolute Gasteiger partial charge is 0.433 e. The number of aromatic nitrogens is 1. The maximum Gasteiger partial charge on any atom is 0.387 e. The summed E-state index contributed by atoms with van der Waals surface area (Å²) < 4.78 is 28.6. The molecule has 0 spiro atoms. The van der Waals surface area contributed by atoms with Crippen LogP contribution in [0, 0.1) is 0 Å². The molecule has 19 heavy (non-hydrogen) atoms. The van der Waals surface area contributed by atoms with Crippen molar-refractivity contribution in [3.05, 3.63) is 58.9 Å². The third-order valence-corrected chi connectivity index (χ3v) is 2.62. The molecule has 0 aliphatic carbocycles. The number of nitrogens with zero attached hydrogens (tertiary/aromatic N) is 1. The summed E-state index contributed by atoms with van der Waals surface area (Å²) in [5, 5.41) is 0.0119. The highest BCUT2D eigenvalue weighted by atomic mass is 35.5. The summed E-state index contributed by atoms with van der Waals surface area (Å²) in [6.07, 6.45) is 1.47. The third kappa shape index (κ3) is 3.26. The minimum Gasteiger partial charge on any atom is -0.433 e. The topological polar surface area (TPSA) is 39.2 Å². The molecule has 0 fully saturated rings. The SMILES string of the molecule is O=C(c1ccc(Cl)c(OC(F)F)c1)c1ccccn1. The molecule has 1 aromatic carbocycles. The first kappa shape index (κ1) is 13.4. The van der Waals surface area contributed by atoms with Crippen LogP contribution < -0.4 is 4.74 Å². The van der Waals surface area contributed by atoms with Crippen LogP contribution in [0.5, 0.6) is 5.75 Å². The molecular weight excluding hydrogens is 276 g/mol. The number of pyridine rings is 1. The number of ether oxygens (including phenoxy) is 1. The predicted molar refractivity (Wildman–Crippen MR) is 65.8 cm³/mol. The summed E-state index contributed by atoms with van der Waals surface area (Å²) in [7, 11) is 0. The van der Waals surface area contributed by atoms with Crippen LogP contribution in [0.25, 0.3) is 0 Å². The fraction of sp³-hybridized carbons (Fsp3) is 0.0769. The number of rotatable bonds is 4. The number of halogens is 3. The van der Waals surface area contributed by atoms with E-state index in [1.807, 2.05) is 0 Å². The first-order valence-corrected chi connectivity index (χ1v) is 5.66. The summed E-state index contributed by atoms with van der Waals surface area (Å²) in [6, 6.07) is 8.79. The van der Waals surface area contributed by atoms with Crippen molar-refractivity contribution in [1.82, 2.24) is 4.98 Å². The van der Waals surface area contributed by atoms with Gasteiger partial charge >= 0.3 is 6.61 Å². The molecule has 6 heteroatoms. The van der Waals surface area contributed by atoms with E-state index in [0.717, 1.165) is 0 Å². The highest BCUT2D eigenvalue weighted by Gasteiger charge is 2.14. The van der Waals surface area contributed by atoms with Gasteiger partial charge in [0, 0.05) is 11.8 Å².